The predicted octanol–water partition coefficient (Wildman–Crippen LogP) is 1.86. The zero-order valence-electron chi connectivity index (χ0n) is 18.0. The Labute approximate surface area is 191 Å². The Balaban J connectivity index is 1.33. The molecule has 2 aliphatic carbocycles. The number of rotatable bonds is 5. The third kappa shape index (κ3) is 4.00. The summed E-state index contributed by atoms with van der Waals surface area (Å²) in [7, 11) is 1.55. The number of hydrogen-bond donors (Lipinski definition) is 3. The quantitative estimate of drug-likeness (QED) is 0.547. The fourth-order valence-corrected chi connectivity index (χ4v) is 5.42. The summed E-state index contributed by atoms with van der Waals surface area (Å²) in [5.41, 5.74) is 1.37. The molecule has 8 heteroatoms. The molecule has 3 fully saturated rings. The Bertz CT molecular complexity index is 901. The van der Waals surface area contributed by atoms with E-state index in [0.29, 0.717) is 25.8 Å². The van der Waals surface area contributed by atoms with Crippen LogP contribution in [0.15, 0.2) is 22.7 Å². The largest absolute Gasteiger partial charge is 0.389 e. The van der Waals surface area contributed by atoms with Gasteiger partial charge in [0.2, 0.25) is 17.7 Å². The predicted molar refractivity (Wildman–Crippen MR) is 119 cm³/mol. The molecule has 168 valence electrons. The van der Waals surface area contributed by atoms with Gasteiger partial charge in [-0.05, 0) is 55.7 Å². The Morgan fingerprint density at radius 2 is 2.00 bits per heavy atom. The number of likely N-dealkylation sites (tertiary alicyclic amines) is 1. The summed E-state index contributed by atoms with van der Waals surface area (Å²) in [6.45, 7) is 2.62. The van der Waals surface area contributed by atoms with Crippen LogP contribution in [0.2, 0.25) is 0 Å². The van der Waals surface area contributed by atoms with E-state index in [1.165, 1.54) is 5.56 Å². The van der Waals surface area contributed by atoms with Crippen LogP contribution in [0, 0.1) is 18.3 Å². The van der Waals surface area contributed by atoms with Gasteiger partial charge in [-0.1, -0.05) is 34.5 Å². The molecule has 3 N–H and O–H groups in total. The molecular formula is C23H30BrN3O4. The lowest BCUT2D eigenvalue weighted by Gasteiger charge is -2.44. The molecule has 31 heavy (non-hydrogen) atoms. The van der Waals surface area contributed by atoms with Crippen molar-refractivity contribution in [1.29, 1.82) is 0 Å². The highest BCUT2D eigenvalue weighted by molar-refractivity contribution is 9.10. The Morgan fingerprint density at radius 1 is 1.26 bits per heavy atom. The Hall–Kier alpha value is -1.93. The minimum atomic E-state index is -0.979. The maximum Gasteiger partial charge on any atom is 0.238 e. The van der Waals surface area contributed by atoms with Crippen molar-refractivity contribution in [2.45, 2.75) is 57.1 Å². The topological polar surface area (TPSA) is 98.7 Å². The van der Waals surface area contributed by atoms with Crippen molar-refractivity contribution in [3.8, 4) is 0 Å². The van der Waals surface area contributed by atoms with Crippen LogP contribution < -0.4 is 10.6 Å². The lowest BCUT2D eigenvalue weighted by atomic mass is 9.66. The molecule has 0 bridgehead atoms. The number of amides is 3. The van der Waals surface area contributed by atoms with Gasteiger partial charge in [0.15, 0.2) is 0 Å². The van der Waals surface area contributed by atoms with E-state index in [1.807, 2.05) is 12.1 Å². The average molecular weight is 492 g/mol. The SMILES string of the molecule is CNC(=O)C1(C(=O)N2CC[C@H](NC(=O)[C@@H]3C[C@H]3c3cccc(Br)c3C)[C@@H](O)C2)CCC1. The first-order chi connectivity index (χ1) is 14.8. The third-order valence-corrected chi connectivity index (χ3v) is 8.17. The number of aliphatic hydroxyl groups excluding tert-OH is 1. The molecule has 0 spiro atoms. The fraction of sp³-hybridized carbons (Fsp3) is 0.609. The highest BCUT2D eigenvalue weighted by Gasteiger charge is 2.53. The van der Waals surface area contributed by atoms with Gasteiger partial charge in [0.1, 0.15) is 5.41 Å². The number of carbonyl (C=O) groups is 3. The summed E-state index contributed by atoms with van der Waals surface area (Å²) in [4.78, 5) is 39.7. The average Bonchev–Trinajstić information content (AvgIpc) is 3.51. The highest BCUT2D eigenvalue weighted by atomic mass is 79.9. The third-order valence-electron chi connectivity index (χ3n) is 7.31. The van der Waals surface area contributed by atoms with Gasteiger partial charge in [0.25, 0.3) is 0 Å². The van der Waals surface area contributed by atoms with Crippen LogP contribution in [0.4, 0.5) is 0 Å². The summed E-state index contributed by atoms with van der Waals surface area (Å²) >= 11 is 3.55. The van der Waals surface area contributed by atoms with Gasteiger partial charge in [-0.15, -0.1) is 0 Å². The first-order valence-electron chi connectivity index (χ1n) is 11.0. The fourth-order valence-electron chi connectivity index (χ4n) is 5.04. The first kappa shape index (κ1) is 22.3. The van der Waals surface area contributed by atoms with Gasteiger partial charge in [0.05, 0.1) is 12.1 Å². The maximum absolute atomic E-state index is 13.0. The molecule has 3 aliphatic rings. The van der Waals surface area contributed by atoms with Crippen molar-refractivity contribution in [2.24, 2.45) is 11.3 Å². The summed E-state index contributed by atoms with van der Waals surface area (Å²) in [6, 6.07) is 5.68. The lowest BCUT2D eigenvalue weighted by molar-refractivity contribution is -0.159. The Kier molecular flexibility index (Phi) is 6.14. The van der Waals surface area contributed by atoms with Gasteiger partial charge >= 0.3 is 0 Å². The standard InChI is InChI=1S/C23H30BrN3O4/c1-13-14(5-3-6-17(13)24)15-11-16(15)20(29)26-18-7-10-27(12-19(18)28)22(31)23(8-4-9-23)21(30)25-2/h3,5-6,15-16,18-19,28H,4,7-12H2,1-2H3,(H,25,30)(H,26,29)/t15-,16+,18-,19-/m0/s1. The zero-order valence-corrected chi connectivity index (χ0v) is 19.6. The van der Waals surface area contributed by atoms with E-state index in [4.69, 9.17) is 0 Å². The van der Waals surface area contributed by atoms with E-state index in [9.17, 15) is 19.5 Å². The second-order valence-corrected chi connectivity index (χ2v) is 9.99. The molecular weight excluding hydrogens is 462 g/mol. The van der Waals surface area contributed by atoms with Gasteiger partial charge in [0, 0.05) is 30.5 Å². The maximum atomic E-state index is 13.0. The zero-order chi connectivity index (χ0) is 22.3. The van der Waals surface area contributed by atoms with Crippen LogP contribution in [0.3, 0.4) is 0 Å². The molecule has 0 unspecified atom stereocenters. The minimum Gasteiger partial charge on any atom is -0.389 e. The molecule has 1 aromatic rings. The van der Waals surface area contributed by atoms with E-state index in [-0.39, 0.29) is 42.1 Å². The smallest absolute Gasteiger partial charge is 0.238 e. The van der Waals surface area contributed by atoms with Gasteiger partial charge in [-0.25, -0.2) is 0 Å². The van der Waals surface area contributed by atoms with Gasteiger partial charge in [-0.2, -0.15) is 0 Å². The molecule has 2 saturated carbocycles. The van der Waals surface area contributed by atoms with Crippen molar-refractivity contribution in [3.05, 3.63) is 33.8 Å². The van der Waals surface area contributed by atoms with E-state index in [0.717, 1.165) is 22.9 Å². The van der Waals surface area contributed by atoms with Crippen molar-refractivity contribution in [1.82, 2.24) is 15.5 Å². The number of hydrogen-bond acceptors (Lipinski definition) is 4. The molecule has 1 saturated heterocycles. The number of β-amino-alcohol motifs (C(OH)–C–C–N with tert-alkyl or cyclic N) is 1. The minimum absolute atomic E-state index is 0.0333. The van der Waals surface area contributed by atoms with E-state index in [1.54, 1.807) is 11.9 Å². The number of halogens is 1. The lowest BCUT2D eigenvalue weighted by Crippen LogP contribution is -2.61. The Morgan fingerprint density at radius 3 is 2.61 bits per heavy atom. The summed E-state index contributed by atoms with van der Waals surface area (Å²) in [6.07, 6.45) is 2.41. The van der Waals surface area contributed by atoms with Crippen LogP contribution in [-0.2, 0) is 14.4 Å². The van der Waals surface area contributed by atoms with Crippen molar-refractivity contribution < 1.29 is 19.5 Å². The number of benzene rings is 1. The second-order valence-electron chi connectivity index (χ2n) is 9.14. The molecule has 0 radical (unpaired) electrons. The number of nitrogens with zero attached hydrogens (tertiary/aromatic N) is 1. The number of aliphatic hydroxyl groups is 1. The number of nitrogens with one attached hydrogen (secondary N) is 2. The van der Waals surface area contributed by atoms with Crippen LogP contribution >= 0.6 is 15.9 Å². The molecule has 4 rings (SSSR count). The summed E-state index contributed by atoms with van der Waals surface area (Å²) in [5, 5.41) is 16.3. The molecule has 0 aromatic heterocycles. The van der Waals surface area contributed by atoms with Crippen LogP contribution in [0.25, 0.3) is 0 Å². The van der Waals surface area contributed by atoms with Crippen LogP contribution in [0.5, 0.6) is 0 Å². The van der Waals surface area contributed by atoms with Gasteiger partial charge < -0.3 is 20.6 Å². The van der Waals surface area contributed by atoms with Crippen LogP contribution in [0.1, 0.15) is 49.1 Å². The normalized spacial score (nSPS) is 29.0. The summed E-state index contributed by atoms with van der Waals surface area (Å²) < 4.78 is 1.05. The molecule has 1 aliphatic heterocycles. The molecule has 7 nitrogen and oxygen atoms in total. The van der Waals surface area contributed by atoms with E-state index >= 15 is 0 Å². The number of carbonyl (C=O) groups excluding carboxylic acids is 3. The van der Waals surface area contributed by atoms with Crippen molar-refractivity contribution in [3.63, 3.8) is 0 Å². The first-order valence-corrected chi connectivity index (χ1v) is 11.8. The van der Waals surface area contributed by atoms with Crippen LogP contribution in [-0.4, -0.2) is 60.0 Å². The molecule has 1 aromatic carbocycles. The van der Waals surface area contributed by atoms with Gasteiger partial charge in [-0.3, -0.25) is 14.4 Å². The highest BCUT2D eigenvalue weighted by Crippen LogP contribution is 2.49. The molecule has 3 amide bonds. The number of piperidine rings is 1. The van der Waals surface area contributed by atoms with E-state index in [2.05, 4.69) is 39.6 Å². The second kappa shape index (κ2) is 8.54. The van der Waals surface area contributed by atoms with Crippen molar-refractivity contribution in [2.75, 3.05) is 20.1 Å². The summed E-state index contributed by atoms with van der Waals surface area (Å²) in [5.74, 6) is -0.340. The molecule has 4 atom stereocenters. The van der Waals surface area contributed by atoms with Crippen molar-refractivity contribution >= 4 is 33.7 Å². The van der Waals surface area contributed by atoms with E-state index < -0.39 is 11.5 Å². The monoisotopic (exact) mass is 491 g/mol. The molecule has 1 heterocycles.